The Labute approximate surface area is 182 Å². The molecule has 1 N–H and O–H groups in total. The lowest BCUT2D eigenvalue weighted by Gasteiger charge is -2.22. The average molecular weight is 424 g/mol. The van der Waals surface area contributed by atoms with Crippen molar-refractivity contribution in [3.8, 4) is 11.1 Å². The summed E-state index contributed by atoms with van der Waals surface area (Å²) in [6.07, 6.45) is 0.613. The monoisotopic (exact) mass is 424 g/mol. The Kier molecular flexibility index (Phi) is 7.28. The highest BCUT2D eigenvalue weighted by Crippen LogP contribution is 2.44. The molecule has 7 nitrogen and oxygen atoms in total. The first kappa shape index (κ1) is 22.3. The number of amides is 2. The fraction of sp³-hybridized carbons (Fsp3) is 0.375. The Morgan fingerprint density at radius 3 is 2.03 bits per heavy atom. The summed E-state index contributed by atoms with van der Waals surface area (Å²) in [5.41, 5.74) is 4.48. The van der Waals surface area contributed by atoms with Gasteiger partial charge in [-0.15, -0.1) is 0 Å². The predicted octanol–water partition coefficient (Wildman–Crippen LogP) is 3.58. The number of carbonyl (C=O) groups is 3. The summed E-state index contributed by atoms with van der Waals surface area (Å²) in [6.45, 7) is 2.04. The topological polar surface area (TPSA) is 87.2 Å². The van der Waals surface area contributed by atoms with Crippen molar-refractivity contribution in [2.24, 2.45) is 0 Å². The molecule has 3 rings (SSSR count). The third kappa shape index (κ3) is 5.42. The molecular formula is C24H28N2O5. The lowest BCUT2D eigenvalue weighted by Crippen LogP contribution is -2.37. The van der Waals surface area contributed by atoms with Gasteiger partial charge in [0.15, 0.2) is 0 Å². The van der Waals surface area contributed by atoms with Crippen molar-refractivity contribution >= 4 is 18.0 Å². The highest BCUT2D eigenvalue weighted by atomic mass is 16.6. The van der Waals surface area contributed by atoms with Crippen LogP contribution in [0.5, 0.6) is 0 Å². The third-order valence-electron chi connectivity index (χ3n) is 5.63. The maximum Gasteiger partial charge on any atom is 0.410 e. The van der Waals surface area contributed by atoms with Crippen LogP contribution in [0.1, 0.15) is 36.8 Å². The van der Waals surface area contributed by atoms with Gasteiger partial charge in [0, 0.05) is 33.0 Å². The molecule has 2 aromatic rings. The van der Waals surface area contributed by atoms with E-state index in [9.17, 15) is 19.5 Å². The maximum absolute atomic E-state index is 12.7. The van der Waals surface area contributed by atoms with Crippen LogP contribution >= 0.6 is 0 Å². The molecule has 0 bridgehead atoms. The molecule has 0 atom stereocenters. The Morgan fingerprint density at radius 1 is 0.935 bits per heavy atom. The number of fused-ring (bicyclic) bond motifs is 3. The number of carboxylic acid groups (broad SMARTS) is 1. The van der Waals surface area contributed by atoms with Crippen molar-refractivity contribution in [2.75, 3.05) is 33.3 Å². The number of rotatable bonds is 9. The third-order valence-corrected chi connectivity index (χ3v) is 5.63. The van der Waals surface area contributed by atoms with Gasteiger partial charge < -0.3 is 14.7 Å². The van der Waals surface area contributed by atoms with Crippen LogP contribution in [-0.2, 0) is 14.3 Å². The Morgan fingerprint density at radius 2 is 1.48 bits per heavy atom. The van der Waals surface area contributed by atoms with Crippen molar-refractivity contribution in [1.82, 2.24) is 9.80 Å². The summed E-state index contributed by atoms with van der Waals surface area (Å²) >= 11 is 0. The van der Waals surface area contributed by atoms with E-state index in [0.717, 1.165) is 22.3 Å². The standard InChI is InChI=1S/C24H28N2O5/c1-17(27)25(2)13-7-8-14-26(15-23(28)29)24(30)31-16-22-20-11-5-3-9-18(20)19-10-4-6-12-21(19)22/h3-6,9-12,22H,7-8,13-16H2,1-2H3,(H,28,29). The number of unbranched alkanes of at least 4 members (excludes halogenated alkanes) is 1. The molecule has 0 saturated heterocycles. The minimum Gasteiger partial charge on any atom is -0.480 e. The Hall–Kier alpha value is -3.35. The Bertz CT molecular complexity index is 913. The second kappa shape index (κ2) is 10.1. The largest absolute Gasteiger partial charge is 0.480 e. The van der Waals surface area contributed by atoms with Crippen LogP contribution in [0, 0.1) is 0 Å². The van der Waals surface area contributed by atoms with Gasteiger partial charge >= 0.3 is 12.1 Å². The van der Waals surface area contributed by atoms with Crippen LogP contribution in [0.4, 0.5) is 4.79 Å². The van der Waals surface area contributed by atoms with E-state index >= 15 is 0 Å². The van der Waals surface area contributed by atoms with Gasteiger partial charge in [0.1, 0.15) is 13.2 Å². The first-order valence-corrected chi connectivity index (χ1v) is 10.4. The molecule has 0 aliphatic heterocycles. The predicted molar refractivity (Wildman–Crippen MR) is 117 cm³/mol. The van der Waals surface area contributed by atoms with Gasteiger partial charge in [-0.05, 0) is 35.1 Å². The molecule has 31 heavy (non-hydrogen) atoms. The van der Waals surface area contributed by atoms with Crippen LogP contribution < -0.4 is 0 Å². The fourth-order valence-electron chi connectivity index (χ4n) is 3.89. The van der Waals surface area contributed by atoms with E-state index in [1.165, 1.54) is 11.8 Å². The summed E-state index contributed by atoms with van der Waals surface area (Å²) < 4.78 is 5.58. The van der Waals surface area contributed by atoms with Crippen molar-refractivity contribution < 1.29 is 24.2 Å². The molecule has 0 aromatic heterocycles. The van der Waals surface area contributed by atoms with Gasteiger partial charge in [-0.2, -0.15) is 0 Å². The van der Waals surface area contributed by atoms with E-state index in [4.69, 9.17) is 4.74 Å². The van der Waals surface area contributed by atoms with E-state index in [2.05, 4.69) is 12.1 Å². The number of hydrogen-bond donors (Lipinski definition) is 1. The smallest absolute Gasteiger partial charge is 0.410 e. The summed E-state index contributed by atoms with van der Waals surface area (Å²) in [6, 6.07) is 16.1. The maximum atomic E-state index is 12.7. The molecule has 1 aliphatic rings. The number of carboxylic acids is 1. The van der Waals surface area contributed by atoms with Crippen LogP contribution in [-0.4, -0.2) is 66.2 Å². The quantitative estimate of drug-likeness (QED) is 0.622. The summed E-state index contributed by atoms with van der Waals surface area (Å²) in [5.74, 6) is -1.19. The molecule has 0 radical (unpaired) electrons. The van der Waals surface area contributed by atoms with E-state index in [1.807, 2.05) is 36.4 Å². The van der Waals surface area contributed by atoms with Gasteiger partial charge in [0.2, 0.25) is 5.91 Å². The zero-order valence-corrected chi connectivity index (χ0v) is 17.9. The van der Waals surface area contributed by atoms with Gasteiger partial charge in [0.25, 0.3) is 0 Å². The van der Waals surface area contributed by atoms with E-state index in [1.54, 1.807) is 11.9 Å². The molecule has 0 saturated carbocycles. The van der Waals surface area contributed by atoms with Crippen LogP contribution in [0.2, 0.25) is 0 Å². The number of carbonyl (C=O) groups excluding carboxylic acids is 2. The van der Waals surface area contributed by atoms with E-state index in [-0.39, 0.29) is 25.0 Å². The molecular weight excluding hydrogens is 396 g/mol. The van der Waals surface area contributed by atoms with E-state index < -0.39 is 18.6 Å². The fourth-order valence-corrected chi connectivity index (χ4v) is 3.89. The van der Waals surface area contributed by atoms with Crippen LogP contribution in [0.15, 0.2) is 48.5 Å². The van der Waals surface area contributed by atoms with Crippen molar-refractivity contribution in [1.29, 1.82) is 0 Å². The van der Waals surface area contributed by atoms with Crippen molar-refractivity contribution in [3.63, 3.8) is 0 Å². The highest BCUT2D eigenvalue weighted by Gasteiger charge is 2.30. The number of hydrogen-bond acceptors (Lipinski definition) is 4. The number of nitrogens with zero attached hydrogens (tertiary/aromatic N) is 2. The van der Waals surface area contributed by atoms with Gasteiger partial charge in [-0.1, -0.05) is 48.5 Å². The molecule has 7 heteroatoms. The lowest BCUT2D eigenvalue weighted by molar-refractivity contribution is -0.138. The molecule has 0 spiro atoms. The summed E-state index contributed by atoms with van der Waals surface area (Å²) in [7, 11) is 1.71. The first-order chi connectivity index (χ1) is 14.9. The van der Waals surface area contributed by atoms with Gasteiger partial charge in [0.05, 0.1) is 0 Å². The molecule has 0 fully saturated rings. The Balaban J connectivity index is 1.62. The summed E-state index contributed by atoms with van der Waals surface area (Å²) in [4.78, 5) is 38.0. The van der Waals surface area contributed by atoms with Crippen molar-refractivity contribution in [2.45, 2.75) is 25.7 Å². The second-order valence-electron chi connectivity index (χ2n) is 7.77. The molecule has 0 unspecified atom stereocenters. The van der Waals surface area contributed by atoms with Gasteiger partial charge in [-0.3, -0.25) is 14.5 Å². The number of benzene rings is 2. The molecule has 2 aromatic carbocycles. The average Bonchev–Trinajstić information content (AvgIpc) is 3.07. The molecule has 0 heterocycles. The molecule has 164 valence electrons. The van der Waals surface area contributed by atoms with Gasteiger partial charge in [-0.25, -0.2) is 4.79 Å². The van der Waals surface area contributed by atoms with Crippen molar-refractivity contribution in [3.05, 3.63) is 59.7 Å². The normalized spacial score (nSPS) is 12.1. The number of ether oxygens (including phenoxy) is 1. The molecule has 2 amide bonds. The summed E-state index contributed by atoms with van der Waals surface area (Å²) in [5, 5.41) is 9.19. The minimum atomic E-state index is -1.09. The second-order valence-corrected chi connectivity index (χ2v) is 7.77. The minimum absolute atomic E-state index is 0.0288. The SMILES string of the molecule is CC(=O)N(C)CCCCN(CC(=O)O)C(=O)OCC1c2ccccc2-c2ccccc21. The van der Waals surface area contributed by atoms with Crippen LogP contribution in [0.25, 0.3) is 11.1 Å². The van der Waals surface area contributed by atoms with E-state index in [0.29, 0.717) is 19.4 Å². The first-order valence-electron chi connectivity index (χ1n) is 10.4. The number of aliphatic carboxylic acids is 1. The molecule has 1 aliphatic carbocycles. The van der Waals surface area contributed by atoms with Crippen LogP contribution in [0.3, 0.4) is 0 Å². The zero-order chi connectivity index (χ0) is 22.4. The lowest BCUT2D eigenvalue weighted by atomic mass is 9.98. The highest BCUT2D eigenvalue weighted by molar-refractivity contribution is 5.79. The zero-order valence-electron chi connectivity index (χ0n) is 17.9.